The Morgan fingerprint density at radius 1 is 1.24 bits per heavy atom. The highest BCUT2D eigenvalue weighted by atomic mass is 19.2. The second-order valence-corrected chi connectivity index (χ2v) is 5.50. The number of hydrogen-bond acceptors (Lipinski definition) is 2. The van der Waals surface area contributed by atoms with E-state index in [1.54, 1.807) is 0 Å². The molecule has 118 valence electrons. The average Bonchev–Trinajstić information content (AvgIpc) is 2.51. The minimum atomic E-state index is -1.40. The van der Waals surface area contributed by atoms with Gasteiger partial charge in [-0.25, -0.2) is 13.2 Å². The number of ether oxygens (including phenoxy) is 1. The van der Waals surface area contributed by atoms with Crippen LogP contribution in [0.4, 0.5) is 13.2 Å². The number of hydrogen-bond donors (Lipinski definition) is 1. The number of halogens is 3. The van der Waals surface area contributed by atoms with E-state index >= 15 is 0 Å². The average molecular weight is 301 g/mol. The van der Waals surface area contributed by atoms with E-state index in [0.29, 0.717) is 19.6 Å². The van der Waals surface area contributed by atoms with Gasteiger partial charge in [-0.3, -0.25) is 0 Å². The van der Waals surface area contributed by atoms with Gasteiger partial charge in [0.15, 0.2) is 17.5 Å². The summed E-state index contributed by atoms with van der Waals surface area (Å²) in [5, 5.41) is 3.21. The van der Waals surface area contributed by atoms with Crippen LogP contribution in [0.3, 0.4) is 0 Å². The molecular weight excluding hydrogens is 279 g/mol. The Labute approximate surface area is 123 Å². The molecule has 0 aliphatic carbocycles. The second kappa shape index (κ2) is 7.80. The predicted octanol–water partition coefficient (Wildman–Crippen LogP) is 4.10. The fourth-order valence-electron chi connectivity index (χ4n) is 2.70. The van der Waals surface area contributed by atoms with Crippen LogP contribution >= 0.6 is 0 Å². The van der Waals surface area contributed by atoms with E-state index in [9.17, 15) is 13.2 Å². The molecule has 21 heavy (non-hydrogen) atoms. The first-order valence-electron chi connectivity index (χ1n) is 7.61. The maximum atomic E-state index is 14.0. The minimum Gasteiger partial charge on any atom is -0.378 e. The predicted molar refractivity (Wildman–Crippen MR) is 75.6 cm³/mol. The molecule has 1 saturated heterocycles. The molecule has 0 saturated carbocycles. The molecule has 1 aromatic carbocycles. The van der Waals surface area contributed by atoms with Crippen molar-refractivity contribution in [3.05, 3.63) is 35.1 Å². The number of nitrogens with one attached hydrogen (secondary N) is 1. The highest BCUT2D eigenvalue weighted by molar-refractivity contribution is 5.24. The van der Waals surface area contributed by atoms with Gasteiger partial charge in [0, 0.05) is 18.2 Å². The van der Waals surface area contributed by atoms with Gasteiger partial charge in [-0.2, -0.15) is 0 Å². The summed E-state index contributed by atoms with van der Waals surface area (Å²) in [5.74, 6) is -3.65. The maximum absolute atomic E-state index is 14.0. The normalized spacial score (nSPS) is 20.5. The van der Waals surface area contributed by atoms with Gasteiger partial charge in [-0.15, -0.1) is 0 Å². The van der Waals surface area contributed by atoms with Crippen LogP contribution in [-0.4, -0.2) is 19.3 Å². The lowest BCUT2D eigenvalue weighted by atomic mass is 9.96. The van der Waals surface area contributed by atoms with Crippen LogP contribution < -0.4 is 5.32 Å². The Kier molecular flexibility index (Phi) is 6.06. The smallest absolute Gasteiger partial charge is 0.194 e. The molecular formula is C16H22F3NO. The van der Waals surface area contributed by atoms with Crippen LogP contribution in [0, 0.1) is 17.5 Å². The quantitative estimate of drug-likeness (QED) is 0.799. The summed E-state index contributed by atoms with van der Waals surface area (Å²) in [6.07, 6.45) is 4.56. The molecule has 0 aromatic heterocycles. The van der Waals surface area contributed by atoms with Crippen molar-refractivity contribution in [2.45, 2.75) is 51.2 Å². The Hall–Kier alpha value is -1.07. The lowest BCUT2D eigenvalue weighted by molar-refractivity contribution is 0.00481. The molecule has 0 radical (unpaired) electrons. The Morgan fingerprint density at radius 3 is 2.71 bits per heavy atom. The molecule has 2 atom stereocenters. The van der Waals surface area contributed by atoms with Gasteiger partial charge in [-0.1, -0.05) is 13.0 Å². The third kappa shape index (κ3) is 4.20. The molecule has 0 spiro atoms. The summed E-state index contributed by atoms with van der Waals surface area (Å²) in [5.41, 5.74) is 0.177. The zero-order chi connectivity index (χ0) is 15.2. The van der Waals surface area contributed by atoms with Gasteiger partial charge >= 0.3 is 0 Å². The summed E-state index contributed by atoms with van der Waals surface area (Å²) >= 11 is 0. The van der Waals surface area contributed by atoms with E-state index in [-0.39, 0.29) is 17.7 Å². The molecule has 2 rings (SSSR count). The molecule has 1 N–H and O–H groups in total. The van der Waals surface area contributed by atoms with Crippen molar-refractivity contribution >= 4 is 0 Å². The first-order chi connectivity index (χ1) is 10.1. The lowest BCUT2D eigenvalue weighted by Crippen LogP contribution is -2.30. The summed E-state index contributed by atoms with van der Waals surface area (Å²) in [7, 11) is 0. The van der Waals surface area contributed by atoms with E-state index in [4.69, 9.17) is 4.74 Å². The Balaban J connectivity index is 2.16. The second-order valence-electron chi connectivity index (χ2n) is 5.50. The number of rotatable bonds is 6. The molecule has 2 unspecified atom stereocenters. The molecule has 2 nitrogen and oxygen atoms in total. The van der Waals surface area contributed by atoms with Crippen molar-refractivity contribution in [3.63, 3.8) is 0 Å². The molecule has 5 heteroatoms. The molecule has 1 fully saturated rings. The monoisotopic (exact) mass is 301 g/mol. The number of benzene rings is 1. The summed E-state index contributed by atoms with van der Waals surface area (Å²) in [4.78, 5) is 0. The topological polar surface area (TPSA) is 21.3 Å². The van der Waals surface area contributed by atoms with Gasteiger partial charge in [-0.05, 0) is 44.7 Å². The standard InChI is InChI=1S/C16H22F3NO/c1-2-8-20-14(10-11-5-3-4-9-21-11)12-6-7-13(17)16(19)15(12)18/h6-7,11,14,20H,2-5,8-10H2,1H3. The largest absolute Gasteiger partial charge is 0.378 e. The zero-order valence-electron chi connectivity index (χ0n) is 12.3. The highest BCUT2D eigenvalue weighted by Crippen LogP contribution is 2.28. The van der Waals surface area contributed by atoms with Gasteiger partial charge < -0.3 is 10.1 Å². The lowest BCUT2D eigenvalue weighted by Gasteiger charge is -2.28. The first kappa shape index (κ1) is 16.3. The van der Waals surface area contributed by atoms with Gasteiger partial charge in [0.2, 0.25) is 0 Å². The van der Waals surface area contributed by atoms with E-state index in [1.165, 1.54) is 6.07 Å². The fourth-order valence-corrected chi connectivity index (χ4v) is 2.70. The molecule has 1 aromatic rings. The van der Waals surface area contributed by atoms with Gasteiger partial charge in [0.05, 0.1) is 6.10 Å². The van der Waals surface area contributed by atoms with Crippen molar-refractivity contribution in [3.8, 4) is 0 Å². The van der Waals surface area contributed by atoms with Gasteiger partial charge in [0.25, 0.3) is 0 Å². The molecule has 1 aliphatic rings. The van der Waals surface area contributed by atoms with E-state index < -0.39 is 17.5 Å². The van der Waals surface area contributed by atoms with Crippen molar-refractivity contribution in [1.82, 2.24) is 5.32 Å². The zero-order valence-corrected chi connectivity index (χ0v) is 12.3. The van der Waals surface area contributed by atoms with Crippen LogP contribution in [0.15, 0.2) is 12.1 Å². The van der Waals surface area contributed by atoms with Crippen LogP contribution in [-0.2, 0) is 4.74 Å². The van der Waals surface area contributed by atoms with E-state index in [1.807, 2.05) is 6.92 Å². The van der Waals surface area contributed by atoms with Crippen LogP contribution in [0.5, 0.6) is 0 Å². The van der Waals surface area contributed by atoms with Crippen molar-refractivity contribution in [2.24, 2.45) is 0 Å². The van der Waals surface area contributed by atoms with E-state index in [0.717, 1.165) is 31.7 Å². The summed E-state index contributed by atoms with van der Waals surface area (Å²) in [6.45, 7) is 3.41. The van der Waals surface area contributed by atoms with Crippen LogP contribution in [0.25, 0.3) is 0 Å². The summed E-state index contributed by atoms with van der Waals surface area (Å²) < 4.78 is 46.2. The molecule has 1 aliphatic heterocycles. The van der Waals surface area contributed by atoms with Gasteiger partial charge in [0.1, 0.15) is 0 Å². The molecule has 0 bridgehead atoms. The maximum Gasteiger partial charge on any atom is 0.194 e. The molecule has 0 amide bonds. The molecule has 1 heterocycles. The van der Waals surface area contributed by atoms with Crippen molar-refractivity contribution in [2.75, 3.05) is 13.2 Å². The SMILES string of the molecule is CCCNC(CC1CCCCO1)c1ccc(F)c(F)c1F. The third-order valence-corrected chi connectivity index (χ3v) is 3.85. The Bertz CT molecular complexity index is 461. The minimum absolute atomic E-state index is 0.0422. The Morgan fingerprint density at radius 2 is 2.05 bits per heavy atom. The van der Waals surface area contributed by atoms with Crippen LogP contribution in [0.1, 0.15) is 50.6 Å². The summed E-state index contributed by atoms with van der Waals surface area (Å²) in [6, 6.07) is 1.95. The van der Waals surface area contributed by atoms with E-state index in [2.05, 4.69) is 5.32 Å². The van der Waals surface area contributed by atoms with Crippen molar-refractivity contribution in [1.29, 1.82) is 0 Å². The van der Waals surface area contributed by atoms with Crippen molar-refractivity contribution < 1.29 is 17.9 Å². The third-order valence-electron chi connectivity index (χ3n) is 3.85. The van der Waals surface area contributed by atoms with Crippen LogP contribution in [0.2, 0.25) is 0 Å². The first-order valence-corrected chi connectivity index (χ1v) is 7.61. The highest BCUT2D eigenvalue weighted by Gasteiger charge is 2.25. The fraction of sp³-hybridized carbons (Fsp3) is 0.625.